The second-order valence-electron chi connectivity index (χ2n) is 11.9. The highest BCUT2D eigenvalue weighted by Crippen LogP contribution is 2.43. The summed E-state index contributed by atoms with van der Waals surface area (Å²) in [5, 5.41) is 3.26. The minimum absolute atomic E-state index is 0.112. The van der Waals surface area contributed by atoms with Gasteiger partial charge in [0, 0.05) is 50.5 Å². The van der Waals surface area contributed by atoms with Crippen LogP contribution < -0.4 is 5.32 Å². The van der Waals surface area contributed by atoms with Gasteiger partial charge in [-0.15, -0.1) is 0 Å². The molecule has 7 nitrogen and oxygen atoms in total. The number of aromatic nitrogens is 2. The monoisotopic (exact) mass is 521 g/mol. The standard InChI is InChI=1S/C30H40FN5O2/c1-19-32-28-11-13-34(20(2)37)18-29(28)36(19)26-16-24-9-10-25(17-26)35(24)14-12-27(22-7-4-8-23(31)15-22)33-30(38)21-5-3-6-21/h4,7-8,15,21,24-27H,3,5-6,9-14,16-18H2,1-2H3,(H,33,38)/t24-,25+,26?,27-/m0/s1. The van der Waals surface area contributed by atoms with Crippen molar-refractivity contribution >= 4 is 11.8 Å². The number of hydrogen-bond acceptors (Lipinski definition) is 4. The number of hydrogen-bond donors (Lipinski definition) is 1. The van der Waals surface area contributed by atoms with Crippen LogP contribution in [0.15, 0.2) is 24.3 Å². The lowest BCUT2D eigenvalue weighted by molar-refractivity contribution is -0.130. The first-order chi connectivity index (χ1) is 18.4. The molecule has 8 heteroatoms. The topological polar surface area (TPSA) is 70.5 Å². The van der Waals surface area contributed by atoms with Crippen molar-refractivity contribution in [2.75, 3.05) is 13.1 Å². The molecule has 6 rings (SSSR count). The van der Waals surface area contributed by atoms with Gasteiger partial charge in [-0.3, -0.25) is 14.5 Å². The third-order valence-electron chi connectivity index (χ3n) is 9.62. The van der Waals surface area contributed by atoms with E-state index in [2.05, 4.69) is 21.7 Å². The second kappa shape index (κ2) is 10.4. The Morgan fingerprint density at radius 3 is 2.55 bits per heavy atom. The zero-order valence-corrected chi connectivity index (χ0v) is 22.7. The first kappa shape index (κ1) is 25.5. The zero-order valence-electron chi connectivity index (χ0n) is 22.7. The molecule has 0 spiro atoms. The highest BCUT2D eigenvalue weighted by molar-refractivity contribution is 5.79. The molecule has 3 aliphatic heterocycles. The molecule has 2 bridgehead atoms. The zero-order chi connectivity index (χ0) is 26.4. The number of nitrogens with zero attached hydrogens (tertiary/aromatic N) is 4. The number of amides is 2. The van der Waals surface area contributed by atoms with E-state index in [0.29, 0.717) is 24.7 Å². The number of carbonyl (C=O) groups is 2. The fourth-order valence-electron chi connectivity index (χ4n) is 7.37. The molecule has 1 N–H and O–H groups in total. The highest BCUT2D eigenvalue weighted by atomic mass is 19.1. The van der Waals surface area contributed by atoms with Gasteiger partial charge in [-0.1, -0.05) is 18.6 Å². The van der Waals surface area contributed by atoms with Gasteiger partial charge in [0.05, 0.1) is 24.0 Å². The van der Waals surface area contributed by atoms with Crippen molar-refractivity contribution in [3.05, 3.63) is 52.9 Å². The van der Waals surface area contributed by atoms with Gasteiger partial charge in [-0.2, -0.15) is 0 Å². The van der Waals surface area contributed by atoms with Crippen molar-refractivity contribution in [3.8, 4) is 0 Å². The van der Waals surface area contributed by atoms with Crippen molar-refractivity contribution in [1.82, 2.24) is 24.7 Å². The van der Waals surface area contributed by atoms with E-state index in [1.807, 2.05) is 11.0 Å². The third-order valence-corrected chi connectivity index (χ3v) is 9.62. The number of piperidine rings is 1. The molecule has 38 heavy (non-hydrogen) atoms. The largest absolute Gasteiger partial charge is 0.349 e. The molecular weight excluding hydrogens is 481 g/mol. The molecule has 1 aliphatic carbocycles. The number of benzene rings is 1. The van der Waals surface area contributed by atoms with E-state index >= 15 is 0 Å². The number of rotatable bonds is 7. The normalized spacial score (nSPS) is 26.1. The summed E-state index contributed by atoms with van der Waals surface area (Å²) in [4.78, 5) is 34.4. The molecule has 2 saturated heterocycles. The smallest absolute Gasteiger partial charge is 0.223 e. The number of imidazole rings is 1. The number of aryl methyl sites for hydroxylation is 1. The molecule has 1 aromatic carbocycles. The first-order valence-electron chi connectivity index (χ1n) is 14.5. The Hall–Kier alpha value is -2.74. The van der Waals surface area contributed by atoms with Crippen LogP contribution in [0.5, 0.6) is 0 Å². The number of carbonyl (C=O) groups excluding carboxylic acids is 2. The Balaban J connectivity index is 1.15. The number of nitrogens with one attached hydrogen (secondary N) is 1. The highest BCUT2D eigenvalue weighted by Gasteiger charge is 2.42. The van der Waals surface area contributed by atoms with Gasteiger partial charge < -0.3 is 14.8 Å². The second-order valence-corrected chi connectivity index (χ2v) is 11.9. The van der Waals surface area contributed by atoms with Gasteiger partial charge in [0.2, 0.25) is 11.8 Å². The van der Waals surface area contributed by atoms with Crippen LogP contribution in [0, 0.1) is 18.7 Å². The maximum absolute atomic E-state index is 14.1. The van der Waals surface area contributed by atoms with E-state index in [4.69, 9.17) is 4.98 Å². The summed E-state index contributed by atoms with van der Waals surface area (Å²) in [5.74, 6) is 1.18. The summed E-state index contributed by atoms with van der Waals surface area (Å²) in [6.45, 7) is 6.08. The van der Waals surface area contributed by atoms with Gasteiger partial charge in [0.1, 0.15) is 11.6 Å². The maximum Gasteiger partial charge on any atom is 0.223 e. The predicted octanol–water partition coefficient (Wildman–Crippen LogP) is 4.45. The molecule has 0 radical (unpaired) electrons. The molecule has 4 atom stereocenters. The molecule has 1 unspecified atom stereocenters. The molecule has 1 aromatic heterocycles. The van der Waals surface area contributed by atoms with Crippen LogP contribution in [-0.4, -0.2) is 56.3 Å². The Morgan fingerprint density at radius 2 is 1.89 bits per heavy atom. The van der Waals surface area contributed by atoms with Crippen molar-refractivity contribution in [1.29, 1.82) is 0 Å². The van der Waals surface area contributed by atoms with Crippen LogP contribution in [0.1, 0.15) is 93.1 Å². The summed E-state index contributed by atoms with van der Waals surface area (Å²) >= 11 is 0. The van der Waals surface area contributed by atoms with Crippen molar-refractivity contribution in [3.63, 3.8) is 0 Å². The van der Waals surface area contributed by atoms with Gasteiger partial charge in [0.25, 0.3) is 0 Å². The van der Waals surface area contributed by atoms with E-state index in [-0.39, 0.29) is 29.6 Å². The van der Waals surface area contributed by atoms with Crippen LogP contribution in [0.2, 0.25) is 0 Å². The first-order valence-corrected chi connectivity index (χ1v) is 14.5. The molecule has 3 fully saturated rings. The van der Waals surface area contributed by atoms with Crippen molar-refractivity contribution < 1.29 is 14.0 Å². The Kier molecular flexibility index (Phi) is 7.01. The Morgan fingerprint density at radius 1 is 1.13 bits per heavy atom. The third kappa shape index (κ3) is 4.88. The van der Waals surface area contributed by atoms with Gasteiger partial charge in [0.15, 0.2) is 0 Å². The number of fused-ring (bicyclic) bond motifs is 3. The molecule has 2 aromatic rings. The summed E-state index contributed by atoms with van der Waals surface area (Å²) < 4.78 is 16.5. The Labute approximate surface area is 224 Å². The van der Waals surface area contributed by atoms with Gasteiger partial charge >= 0.3 is 0 Å². The average molecular weight is 522 g/mol. The summed E-state index contributed by atoms with van der Waals surface area (Å²) in [7, 11) is 0. The van der Waals surface area contributed by atoms with E-state index in [0.717, 1.165) is 75.1 Å². The molecule has 2 amide bonds. The van der Waals surface area contributed by atoms with E-state index in [1.54, 1.807) is 19.1 Å². The summed E-state index contributed by atoms with van der Waals surface area (Å²) in [6, 6.07) is 7.95. The molecular formula is C30H40FN5O2. The fourth-order valence-corrected chi connectivity index (χ4v) is 7.37. The lowest BCUT2D eigenvalue weighted by Crippen LogP contribution is -2.46. The van der Waals surface area contributed by atoms with E-state index < -0.39 is 0 Å². The van der Waals surface area contributed by atoms with E-state index in [9.17, 15) is 14.0 Å². The molecule has 4 aliphatic rings. The van der Waals surface area contributed by atoms with Crippen molar-refractivity contribution in [2.24, 2.45) is 5.92 Å². The Bertz CT molecular complexity index is 1190. The van der Waals surface area contributed by atoms with Crippen LogP contribution in [0.25, 0.3) is 0 Å². The van der Waals surface area contributed by atoms with Crippen LogP contribution in [0.3, 0.4) is 0 Å². The number of halogens is 1. The summed E-state index contributed by atoms with van der Waals surface area (Å²) in [6.07, 6.45) is 9.20. The maximum atomic E-state index is 14.1. The predicted molar refractivity (Wildman–Crippen MR) is 143 cm³/mol. The average Bonchev–Trinajstić information content (AvgIpc) is 3.30. The van der Waals surface area contributed by atoms with Crippen molar-refractivity contribution in [2.45, 2.75) is 102 Å². The van der Waals surface area contributed by atoms with Crippen LogP contribution >= 0.6 is 0 Å². The van der Waals surface area contributed by atoms with Gasteiger partial charge in [-0.05, 0) is 69.6 Å². The minimum atomic E-state index is -0.256. The SMILES string of the molecule is CC(=O)N1CCc2nc(C)n(C3C[C@H]4CC[C@@H](C3)N4CC[C@H](NC(=O)C3CCC3)c3cccc(F)c3)c2C1. The summed E-state index contributed by atoms with van der Waals surface area (Å²) in [5.41, 5.74) is 3.25. The van der Waals surface area contributed by atoms with Crippen LogP contribution in [0.4, 0.5) is 4.39 Å². The quantitative estimate of drug-likeness (QED) is 0.585. The molecule has 204 valence electrons. The van der Waals surface area contributed by atoms with Gasteiger partial charge in [-0.25, -0.2) is 9.37 Å². The minimum Gasteiger partial charge on any atom is -0.349 e. The lowest BCUT2D eigenvalue weighted by atomic mass is 9.84. The fraction of sp³-hybridized carbons (Fsp3) is 0.633. The van der Waals surface area contributed by atoms with E-state index in [1.165, 1.54) is 24.6 Å². The molecule has 1 saturated carbocycles. The van der Waals surface area contributed by atoms with Crippen LogP contribution in [-0.2, 0) is 22.6 Å². The lowest BCUT2D eigenvalue weighted by Gasteiger charge is -2.41. The molecule has 4 heterocycles.